The van der Waals surface area contributed by atoms with Gasteiger partial charge in [-0.25, -0.2) is 0 Å². The Morgan fingerprint density at radius 2 is 2.54 bits per heavy atom. The average molecular weight is 182 g/mol. The van der Waals surface area contributed by atoms with Crippen molar-refractivity contribution in [1.29, 1.82) is 0 Å². The number of H-pyrrole nitrogens is 1. The second kappa shape index (κ2) is 4.04. The normalized spacial score (nSPS) is 12.5. The zero-order valence-electron chi connectivity index (χ0n) is 7.79. The van der Waals surface area contributed by atoms with Crippen molar-refractivity contribution in [3.63, 3.8) is 0 Å². The minimum absolute atomic E-state index is 0.185. The fourth-order valence-corrected chi connectivity index (χ4v) is 0.874. The lowest BCUT2D eigenvalue weighted by atomic mass is 10.2. The van der Waals surface area contributed by atoms with Gasteiger partial charge < -0.3 is 11.1 Å². The molecule has 0 aromatic carbocycles. The van der Waals surface area contributed by atoms with Crippen LogP contribution in [-0.2, 0) is 4.79 Å². The number of amides is 1. The molecule has 1 heterocycles. The van der Waals surface area contributed by atoms with Crippen molar-refractivity contribution >= 4 is 11.7 Å². The number of hydrogen-bond acceptors (Lipinski definition) is 3. The summed E-state index contributed by atoms with van der Waals surface area (Å²) in [6.07, 6.45) is 2.27. The van der Waals surface area contributed by atoms with Gasteiger partial charge >= 0.3 is 0 Å². The van der Waals surface area contributed by atoms with Gasteiger partial charge in [0.05, 0.1) is 12.2 Å². The first-order valence-electron chi connectivity index (χ1n) is 4.21. The van der Waals surface area contributed by atoms with Gasteiger partial charge in [0, 0.05) is 5.56 Å². The quantitative estimate of drug-likeness (QED) is 0.632. The van der Waals surface area contributed by atoms with Crippen molar-refractivity contribution in [3.8, 4) is 0 Å². The van der Waals surface area contributed by atoms with E-state index in [1.807, 2.05) is 13.8 Å². The Kier molecular flexibility index (Phi) is 3.02. The Hall–Kier alpha value is -1.36. The molecule has 0 bridgehead atoms. The van der Waals surface area contributed by atoms with Crippen molar-refractivity contribution in [3.05, 3.63) is 11.8 Å². The molecule has 0 aliphatic rings. The molecule has 0 spiro atoms. The smallest absolute Gasteiger partial charge is 0.242 e. The maximum atomic E-state index is 11.3. The molecule has 0 radical (unpaired) electrons. The van der Waals surface area contributed by atoms with Crippen LogP contribution < -0.4 is 11.1 Å². The van der Waals surface area contributed by atoms with Gasteiger partial charge in [0.1, 0.15) is 5.82 Å². The fraction of sp³-hybridized carbons (Fsp3) is 0.500. The molecule has 5 nitrogen and oxygen atoms in total. The lowest BCUT2D eigenvalue weighted by Gasteiger charge is -2.08. The Bertz CT molecular complexity index is 294. The van der Waals surface area contributed by atoms with Crippen molar-refractivity contribution in [2.45, 2.75) is 26.3 Å². The summed E-state index contributed by atoms with van der Waals surface area (Å²) in [5, 5.41) is 9.12. The highest BCUT2D eigenvalue weighted by atomic mass is 16.2. The average Bonchev–Trinajstić information content (AvgIpc) is 2.50. The summed E-state index contributed by atoms with van der Waals surface area (Å²) < 4.78 is 0. The predicted octanol–water partition coefficient (Wildman–Crippen LogP) is 0.394. The van der Waals surface area contributed by atoms with Crippen LogP contribution in [0.5, 0.6) is 0 Å². The van der Waals surface area contributed by atoms with E-state index in [9.17, 15) is 4.79 Å². The number of nitrogens with one attached hydrogen (secondary N) is 2. The maximum absolute atomic E-state index is 11.3. The van der Waals surface area contributed by atoms with Crippen LogP contribution in [-0.4, -0.2) is 22.1 Å². The highest BCUT2D eigenvalue weighted by Crippen LogP contribution is 2.08. The Morgan fingerprint density at radius 1 is 1.85 bits per heavy atom. The van der Waals surface area contributed by atoms with E-state index >= 15 is 0 Å². The standard InChI is InChI=1S/C8H14N4O/c1-3-6(9)8(13)11-7-5(2)4-10-12-7/h4,6H,3,9H2,1-2H3,(H2,10,11,12,13). The number of hydrogen-bond donors (Lipinski definition) is 3. The van der Waals surface area contributed by atoms with Gasteiger partial charge in [-0.1, -0.05) is 6.92 Å². The molecular weight excluding hydrogens is 168 g/mol. The van der Waals surface area contributed by atoms with E-state index in [-0.39, 0.29) is 5.91 Å². The summed E-state index contributed by atoms with van der Waals surface area (Å²) in [5.74, 6) is 0.434. The monoisotopic (exact) mass is 182 g/mol. The van der Waals surface area contributed by atoms with Crippen molar-refractivity contribution in [2.75, 3.05) is 5.32 Å². The SMILES string of the molecule is CCC(N)C(=O)Nc1[nH]ncc1C. The Labute approximate surface area is 76.7 Å². The first-order valence-corrected chi connectivity index (χ1v) is 4.21. The van der Waals surface area contributed by atoms with Gasteiger partial charge in [-0.05, 0) is 13.3 Å². The topological polar surface area (TPSA) is 83.8 Å². The molecule has 1 atom stereocenters. The molecule has 0 fully saturated rings. The predicted molar refractivity (Wildman–Crippen MR) is 50.2 cm³/mol. The fourth-order valence-electron chi connectivity index (χ4n) is 0.874. The van der Waals surface area contributed by atoms with E-state index in [1.165, 1.54) is 0 Å². The number of carbonyl (C=O) groups excluding carboxylic acids is 1. The van der Waals surface area contributed by atoms with E-state index in [0.717, 1.165) is 5.56 Å². The van der Waals surface area contributed by atoms with Gasteiger partial charge in [-0.15, -0.1) is 0 Å². The molecule has 0 aliphatic heterocycles. The summed E-state index contributed by atoms with van der Waals surface area (Å²) >= 11 is 0. The number of aromatic nitrogens is 2. The summed E-state index contributed by atoms with van der Waals surface area (Å²) in [6.45, 7) is 3.72. The summed E-state index contributed by atoms with van der Waals surface area (Å²) in [5.41, 5.74) is 6.44. The third kappa shape index (κ3) is 2.29. The number of nitrogens with zero attached hydrogens (tertiary/aromatic N) is 1. The van der Waals surface area contributed by atoms with Crippen molar-refractivity contribution in [2.24, 2.45) is 5.73 Å². The number of anilines is 1. The lowest BCUT2D eigenvalue weighted by molar-refractivity contribution is -0.117. The zero-order chi connectivity index (χ0) is 9.84. The van der Waals surface area contributed by atoms with E-state index in [1.54, 1.807) is 6.20 Å². The molecule has 0 saturated carbocycles. The molecule has 1 unspecified atom stereocenters. The summed E-state index contributed by atoms with van der Waals surface area (Å²) in [4.78, 5) is 11.3. The molecule has 1 rings (SSSR count). The second-order valence-electron chi connectivity index (χ2n) is 2.93. The highest BCUT2D eigenvalue weighted by Gasteiger charge is 2.12. The minimum atomic E-state index is -0.456. The van der Waals surface area contributed by atoms with Crippen LogP contribution in [0.25, 0.3) is 0 Å². The number of rotatable bonds is 3. The second-order valence-corrected chi connectivity index (χ2v) is 2.93. The first kappa shape index (κ1) is 9.73. The van der Waals surface area contributed by atoms with Crippen LogP contribution in [0.1, 0.15) is 18.9 Å². The summed E-state index contributed by atoms with van der Waals surface area (Å²) in [7, 11) is 0. The maximum Gasteiger partial charge on any atom is 0.242 e. The molecule has 72 valence electrons. The van der Waals surface area contributed by atoms with Crippen molar-refractivity contribution in [1.82, 2.24) is 10.2 Å². The molecule has 1 aromatic rings. The third-order valence-corrected chi connectivity index (χ3v) is 1.85. The Morgan fingerprint density at radius 3 is 3.00 bits per heavy atom. The van der Waals surface area contributed by atoms with Gasteiger partial charge in [0.15, 0.2) is 0 Å². The van der Waals surface area contributed by atoms with Crippen molar-refractivity contribution < 1.29 is 4.79 Å². The molecular formula is C8H14N4O. The lowest BCUT2D eigenvalue weighted by Crippen LogP contribution is -2.35. The minimum Gasteiger partial charge on any atom is -0.320 e. The van der Waals surface area contributed by atoms with Crippen LogP contribution in [0.2, 0.25) is 0 Å². The molecule has 1 aromatic heterocycles. The number of nitrogens with two attached hydrogens (primary N) is 1. The van der Waals surface area contributed by atoms with E-state index in [4.69, 9.17) is 5.73 Å². The number of carbonyl (C=O) groups is 1. The number of aromatic amines is 1. The molecule has 5 heteroatoms. The van der Waals surface area contributed by atoms with Gasteiger partial charge in [0.25, 0.3) is 0 Å². The summed E-state index contributed by atoms with van der Waals surface area (Å²) in [6, 6.07) is -0.456. The van der Waals surface area contributed by atoms with Crippen LogP contribution in [0.3, 0.4) is 0 Å². The van der Waals surface area contributed by atoms with E-state index in [0.29, 0.717) is 12.2 Å². The molecule has 1 amide bonds. The van der Waals surface area contributed by atoms with Crippen LogP contribution in [0, 0.1) is 6.92 Å². The molecule has 13 heavy (non-hydrogen) atoms. The Balaban J connectivity index is 2.60. The van der Waals surface area contributed by atoms with Gasteiger partial charge in [-0.3, -0.25) is 9.89 Å². The largest absolute Gasteiger partial charge is 0.320 e. The van der Waals surface area contributed by atoms with E-state index < -0.39 is 6.04 Å². The third-order valence-electron chi connectivity index (χ3n) is 1.85. The van der Waals surface area contributed by atoms with Crippen LogP contribution in [0.15, 0.2) is 6.20 Å². The first-order chi connectivity index (χ1) is 6.15. The van der Waals surface area contributed by atoms with Crippen LogP contribution in [0.4, 0.5) is 5.82 Å². The molecule has 4 N–H and O–H groups in total. The molecule has 0 saturated heterocycles. The van der Waals surface area contributed by atoms with E-state index in [2.05, 4.69) is 15.5 Å². The number of aryl methyl sites for hydroxylation is 1. The van der Waals surface area contributed by atoms with Gasteiger partial charge in [0.2, 0.25) is 5.91 Å². The van der Waals surface area contributed by atoms with Crippen LogP contribution >= 0.6 is 0 Å². The van der Waals surface area contributed by atoms with Gasteiger partial charge in [-0.2, -0.15) is 5.10 Å². The molecule has 0 aliphatic carbocycles. The zero-order valence-corrected chi connectivity index (χ0v) is 7.79. The highest BCUT2D eigenvalue weighted by molar-refractivity contribution is 5.94.